The SMILES string of the molecule is Cc1ccc2c(c1)c(O)c(C(c1ccnc(OCc3ccccc3)c1)N1CCOCC1)c1c(C(O)O)coc12. The molecule has 2 aromatic heterocycles. The fourth-order valence-electron chi connectivity index (χ4n) is 5.42. The number of pyridine rings is 1. The fraction of sp³-hybridized carbons (Fsp3) is 0.258. The van der Waals surface area contributed by atoms with Gasteiger partial charge in [0, 0.05) is 47.1 Å². The van der Waals surface area contributed by atoms with E-state index in [1.165, 1.54) is 6.26 Å². The molecule has 0 aliphatic carbocycles. The van der Waals surface area contributed by atoms with Crippen LogP contribution in [0.4, 0.5) is 0 Å². The minimum Gasteiger partial charge on any atom is -0.507 e. The van der Waals surface area contributed by atoms with Crippen molar-refractivity contribution >= 4 is 21.7 Å². The highest BCUT2D eigenvalue weighted by molar-refractivity contribution is 6.11. The van der Waals surface area contributed by atoms with Crippen molar-refractivity contribution in [3.05, 3.63) is 101 Å². The molecule has 0 radical (unpaired) electrons. The highest BCUT2D eigenvalue weighted by Gasteiger charge is 2.33. The molecule has 1 unspecified atom stereocenters. The third kappa shape index (κ3) is 4.84. The zero-order valence-electron chi connectivity index (χ0n) is 21.6. The molecule has 1 saturated heterocycles. The number of benzene rings is 3. The van der Waals surface area contributed by atoms with E-state index in [1.54, 1.807) is 6.20 Å². The van der Waals surface area contributed by atoms with Gasteiger partial charge in [0.05, 0.1) is 24.8 Å². The lowest BCUT2D eigenvalue weighted by molar-refractivity contribution is -0.0419. The Balaban J connectivity index is 1.54. The Hall–Kier alpha value is -3.95. The Morgan fingerprint density at radius 1 is 1.00 bits per heavy atom. The number of fused-ring (bicyclic) bond motifs is 3. The average Bonchev–Trinajstić information content (AvgIpc) is 3.41. The van der Waals surface area contributed by atoms with Gasteiger partial charge in [-0.1, -0.05) is 48.0 Å². The van der Waals surface area contributed by atoms with Gasteiger partial charge in [-0.25, -0.2) is 4.98 Å². The van der Waals surface area contributed by atoms with Crippen LogP contribution in [0.1, 0.15) is 40.1 Å². The molecule has 0 bridgehead atoms. The highest BCUT2D eigenvalue weighted by Crippen LogP contribution is 2.47. The molecule has 1 fully saturated rings. The van der Waals surface area contributed by atoms with Gasteiger partial charge in [-0.15, -0.1) is 0 Å². The summed E-state index contributed by atoms with van der Waals surface area (Å²) in [5.74, 6) is 0.529. The number of hydrogen-bond acceptors (Lipinski definition) is 8. The topological polar surface area (TPSA) is 108 Å². The fourth-order valence-corrected chi connectivity index (χ4v) is 5.42. The number of phenolic OH excluding ortho intramolecular Hbond substituents is 1. The van der Waals surface area contributed by atoms with Crippen LogP contribution < -0.4 is 4.74 Å². The van der Waals surface area contributed by atoms with Crippen molar-refractivity contribution in [2.45, 2.75) is 25.9 Å². The number of furan rings is 1. The number of phenols is 1. The van der Waals surface area contributed by atoms with E-state index in [0.29, 0.717) is 66.1 Å². The summed E-state index contributed by atoms with van der Waals surface area (Å²) in [5, 5.41) is 34.2. The van der Waals surface area contributed by atoms with Crippen molar-refractivity contribution in [2.75, 3.05) is 26.3 Å². The van der Waals surface area contributed by atoms with Gasteiger partial charge in [0.15, 0.2) is 6.29 Å². The van der Waals surface area contributed by atoms with Crippen molar-refractivity contribution < 1.29 is 29.2 Å². The van der Waals surface area contributed by atoms with E-state index in [9.17, 15) is 15.3 Å². The number of rotatable bonds is 7. The zero-order valence-corrected chi connectivity index (χ0v) is 21.6. The van der Waals surface area contributed by atoms with Crippen LogP contribution in [0.5, 0.6) is 11.6 Å². The largest absolute Gasteiger partial charge is 0.507 e. The van der Waals surface area contributed by atoms with E-state index < -0.39 is 12.3 Å². The summed E-state index contributed by atoms with van der Waals surface area (Å²) in [6.45, 7) is 4.65. The molecular formula is C31H30N2O6. The number of aryl methyl sites for hydroxylation is 1. The van der Waals surface area contributed by atoms with Crippen molar-refractivity contribution in [1.29, 1.82) is 0 Å². The number of morpholine rings is 1. The first kappa shape index (κ1) is 25.3. The molecule has 1 aliphatic rings. The van der Waals surface area contributed by atoms with Crippen LogP contribution in [0.2, 0.25) is 0 Å². The van der Waals surface area contributed by atoms with Gasteiger partial charge < -0.3 is 29.2 Å². The summed E-state index contributed by atoms with van der Waals surface area (Å²) in [7, 11) is 0. The van der Waals surface area contributed by atoms with Crippen LogP contribution in [0, 0.1) is 6.92 Å². The van der Waals surface area contributed by atoms with E-state index in [4.69, 9.17) is 13.9 Å². The predicted molar refractivity (Wildman–Crippen MR) is 147 cm³/mol. The minimum atomic E-state index is -1.78. The number of ether oxygens (including phenoxy) is 2. The summed E-state index contributed by atoms with van der Waals surface area (Å²) in [4.78, 5) is 6.65. The second-order valence-corrected chi connectivity index (χ2v) is 9.83. The van der Waals surface area contributed by atoms with E-state index in [1.807, 2.05) is 67.6 Å². The van der Waals surface area contributed by atoms with E-state index in [-0.39, 0.29) is 11.3 Å². The average molecular weight is 527 g/mol. The van der Waals surface area contributed by atoms with Gasteiger partial charge in [0.25, 0.3) is 0 Å². The first-order valence-corrected chi connectivity index (χ1v) is 13.0. The Bertz CT molecular complexity index is 1610. The number of aromatic hydroxyl groups is 1. The normalized spacial score (nSPS) is 15.3. The first-order chi connectivity index (χ1) is 19.0. The Kier molecular flexibility index (Phi) is 6.93. The summed E-state index contributed by atoms with van der Waals surface area (Å²) in [6.07, 6.45) is 1.27. The molecule has 8 nitrogen and oxygen atoms in total. The van der Waals surface area contributed by atoms with Crippen molar-refractivity contribution in [2.24, 2.45) is 0 Å². The molecule has 0 amide bonds. The molecule has 3 heterocycles. The van der Waals surface area contributed by atoms with Crippen LogP contribution in [-0.4, -0.2) is 51.5 Å². The van der Waals surface area contributed by atoms with E-state index in [2.05, 4.69) is 9.88 Å². The number of aromatic nitrogens is 1. The predicted octanol–water partition coefficient (Wildman–Crippen LogP) is 4.98. The molecule has 3 aromatic carbocycles. The molecule has 39 heavy (non-hydrogen) atoms. The summed E-state index contributed by atoms with van der Waals surface area (Å²) in [5.41, 5.74) is 4.10. The lowest BCUT2D eigenvalue weighted by Gasteiger charge is -2.36. The van der Waals surface area contributed by atoms with Gasteiger partial charge in [-0.2, -0.15) is 0 Å². The molecule has 5 aromatic rings. The van der Waals surface area contributed by atoms with Gasteiger partial charge >= 0.3 is 0 Å². The number of aliphatic hydroxyl groups excluding tert-OH is 1. The van der Waals surface area contributed by atoms with E-state index in [0.717, 1.165) is 16.7 Å². The van der Waals surface area contributed by atoms with Gasteiger partial charge in [-0.05, 0) is 30.2 Å². The molecule has 3 N–H and O–H groups in total. The molecule has 6 rings (SSSR count). The zero-order chi connectivity index (χ0) is 26.9. The summed E-state index contributed by atoms with van der Waals surface area (Å²) in [6, 6.07) is 18.9. The number of nitrogens with zero attached hydrogens (tertiary/aromatic N) is 2. The maximum absolute atomic E-state index is 11.9. The molecule has 0 saturated carbocycles. The molecule has 8 heteroatoms. The molecule has 0 spiro atoms. The quantitative estimate of drug-likeness (QED) is 0.255. The van der Waals surface area contributed by atoms with E-state index >= 15 is 0 Å². The highest BCUT2D eigenvalue weighted by atomic mass is 16.5. The lowest BCUT2D eigenvalue weighted by atomic mass is 9.89. The molecule has 200 valence electrons. The van der Waals surface area contributed by atoms with Crippen LogP contribution >= 0.6 is 0 Å². The Morgan fingerprint density at radius 3 is 2.56 bits per heavy atom. The molecular weight excluding hydrogens is 496 g/mol. The van der Waals surface area contributed by atoms with Crippen molar-refractivity contribution in [3.63, 3.8) is 0 Å². The number of hydrogen-bond donors (Lipinski definition) is 3. The molecule has 1 aliphatic heterocycles. The maximum Gasteiger partial charge on any atom is 0.213 e. The first-order valence-electron chi connectivity index (χ1n) is 13.0. The van der Waals surface area contributed by atoms with Crippen LogP contribution in [0.25, 0.3) is 21.7 Å². The minimum absolute atomic E-state index is 0.0737. The van der Waals surface area contributed by atoms with Crippen LogP contribution in [0.3, 0.4) is 0 Å². The number of aliphatic hydroxyl groups is 2. The Labute approximate surface area is 225 Å². The summed E-state index contributed by atoms with van der Waals surface area (Å²) >= 11 is 0. The van der Waals surface area contributed by atoms with Crippen molar-refractivity contribution in [3.8, 4) is 11.6 Å². The third-order valence-corrected chi connectivity index (χ3v) is 7.29. The van der Waals surface area contributed by atoms with Gasteiger partial charge in [0.2, 0.25) is 5.88 Å². The molecule has 1 atom stereocenters. The third-order valence-electron chi connectivity index (χ3n) is 7.29. The standard InChI is InChI=1S/C31H30N2O6/c1-19-7-8-22-23(15-19)29(34)27(26-24(31(35)36)18-39-30(22)26)28(33-11-13-37-14-12-33)21-9-10-32-25(16-21)38-17-20-5-3-2-4-6-20/h2-10,15-16,18,28,31,34-36H,11-14,17H2,1H3. The Morgan fingerprint density at radius 2 is 1.79 bits per heavy atom. The monoisotopic (exact) mass is 526 g/mol. The van der Waals surface area contributed by atoms with Gasteiger partial charge in [-0.3, -0.25) is 4.90 Å². The van der Waals surface area contributed by atoms with Crippen LogP contribution in [0.15, 0.2) is 77.5 Å². The summed E-state index contributed by atoms with van der Waals surface area (Å²) < 4.78 is 17.6. The second kappa shape index (κ2) is 10.7. The lowest BCUT2D eigenvalue weighted by Crippen LogP contribution is -2.39. The smallest absolute Gasteiger partial charge is 0.213 e. The van der Waals surface area contributed by atoms with Crippen LogP contribution in [-0.2, 0) is 11.3 Å². The maximum atomic E-state index is 11.9. The second-order valence-electron chi connectivity index (χ2n) is 9.83. The van der Waals surface area contributed by atoms with Gasteiger partial charge in [0.1, 0.15) is 24.2 Å². The van der Waals surface area contributed by atoms with Crippen molar-refractivity contribution in [1.82, 2.24) is 9.88 Å².